The van der Waals surface area contributed by atoms with Crippen molar-refractivity contribution in [2.24, 2.45) is 10.1 Å². The van der Waals surface area contributed by atoms with Gasteiger partial charge in [0.1, 0.15) is 5.75 Å². The predicted molar refractivity (Wildman–Crippen MR) is 88.8 cm³/mol. The lowest BCUT2D eigenvalue weighted by atomic mass is 10.1. The minimum Gasteiger partial charge on any atom is -0.495 e. The van der Waals surface area contributed by atoms with Crippen molar-refractivity contribution in [1.82, 2.24) is 5.48 Å². The molecule has 0 aliphatic carbocycles. The van der Waals surface area contributed by atoms with E-state index in [4.69, 9.17) is 16.3 Å². The Bertz CT molecular complexity index is 718. The predicted octanol–water partition coefficient (Wildman–Crippen LogP) is 3.10. The molecule has 0 aliphatic heterocycles. The molecular weight excluding hydrogens is 318 g/mol. The van der Waals surface area contributed by atoms with Gasteiger partial charge in [0.15, 0.2) is 11.5 Å². The quantitative estimate of drug-likeness (QED) is 0.339. The monoisotopic (exact) mass is 333 g/mol. The average molecular weight is 334 g/mol. The third-order valence-corrected chi connectivity index (χ3v) is 3.41. The minimum atomic E-state index is 0.0469. The molecule has 0 atom stereocenters. The number of nitrogens with one attached hydrogen (secondary N) is 1. The fourth-order valence-corrected chi connectivity index (χ4v) is 2.26. The molecule has 0 amide bonds. The summed E-state index contributed by atoms with van der Waals surface area (Å²) in [6.45, 7) is 0.235. The molecule has 0 spiro atoms. The molecule has 23 heavy (non-hydrogen) atoms. The van der Waals surface area contributed by atoms with Crippen LogP contribution in [0.25, 0.3) is 0 Å². The first kappa shape index (κ1) is 16.8. The second-order valence-corrected chi connectivity index (χ2v) is 4.97. The number of rotatable bonds is 5. The van der Waals surface area contributed by atoms with Crippen LogP contribution in [-0.2, 0) is 6.54 Å². The zero-order valence-corrected chi connectivity index (χ0v) is 13.2. The van der Waals surface area contributed by atoms with Crippen LogP contribution in [0.5, 0.6) is 5.75 Å². The summed E-state index contributed by atoms with van der Waals surface area (Å²) in [7, 11) is 1.54. The molecule has 0 heterocycles. The maximum absolute atomic E-state index is 9.28. The van der Waals surface area contributed by atoms with Crippen LogP contribution in [-0.4, -0.2) is 29.1 Å². The molecule has 0 saturated heterocycles. The minimum absolute atomic E-state index is 0.0469. The second-order valence-electron chi connectivity index (χ2n) is 4.56. The van der Waals surface area contributed by atoms with E-state index in [1.54, 1.807) is 36.4 Å². The number of aliphatic imine (C=N–C) groups is 1. The number of hydrogen-bond acceptors (Lipinski definition) is 5. The Morgan fingerprint density at radius 1 is 1.22 bits per heavy atom. The van der Waals surface area contributed by atoms with Gasteiger partial charge < -0.3 is 9.94 Å². The van der Waals surface area contributed by atoms with Crippen molar-refractivity contribution in [2.45, 2.75) is 6.54 Å². The normalized spacial score (nSPS) is 12.1. The first-order valence-corrected chi connectivity index (χ1v) is 7.12. The van der Waals surface area contributed by atoms with E-state index in [-0.39, 0.29) is 18.1 Å². The highest BCUT2D eigenvalue weighted by Gasteiger charge is 2.12. The molecule has 0 fully saturated rings. The van der Waals surface area contributed by atoms with Crippen LogP contribution in [0.4, 0.5) is 0 Å². The topological polar surface area (TPSA) is 86.4 Å². The fourth-order valence-electron chi connectivity index (χ4n) is 1.98. The third-order valence-electron chi connectivity index (χ3n) is 3.11. The van der Waals surface area contributed by atoms with Gasteiger partial charge in [-0.3, -0.25) is 15.7 Å². The fraction of sp³-hybridized carbons (Fsp3) is 0.125. The lowest BCUT2D eigenvalue weighted by Crippen LogP contribution is -2.29. The highest BCUT2D eigenvalue weighted by Crippen LogP contribution is 2.25. The Labute approximate surface area is 138 Å². The van der Waals surface area contributed by atoms with Gasteiger partial charge in [0.05, 0.1) is 18.7 Å². The summed E-state index contributed by atoms with van der Waals surface area (Å²) in [5.41, 5.74) is 3.52. The van der Waals surface area contributed by atoms with Crippen molar-refractivity contribution in [1.29, 1.82) is 0 Å². The highest BCUT2D eigenvalue weighted by molar-refractivity contribution is 6.47. The van der Waals surface area contributed by atoms with Crippen LogP contribution in [0.2, 0.25) is 5.02 Å². The summed E-state index contributed by atoms with van der Waals surface area (Å²) in [4.78, 5) is 4.22. The van der Waals surface area contributed by atoms with Gasteiger partial charge in [-0.2, -0.15) is 0 Å². The van der Waals surface area contributed by atoms with E-state index >= 15 is 0 Å². The summed E-state index contributed by atoms with van der Waals surface area (Å²) in [6.07, 6.45) is 0. The van der Waals surface area contributed by atoms with Crippen LogP contribution in [0.15, 0.2) is 58.7 Å². The molecular formula is C16H16ClN3O3. The van der Waals surface area contributed by atoms with Crippen molar-refractivity contribution in [3.05, 3.63) is 64.7 Å². The van der Waals surface area contributed by atoms with Crippen LogP contribution in [0.1, 0.15) is 11.1 Å². The van der Waals surface area contributed by atoms with E-state index in [2.05, 4.69) is 10.1 Å². The van der Waals surface area contributed by atoms with E-state index in [1.807, 2.05) is 17.6 Å². The van der Waals surface area contributed by atoms with Gasteiger partial charge in [0, 0.05) is 5.56 Å². The Morgan fingerprint density at radius 2 is 1.96 bits per heavy atom. The first-order valence-electron chi connectivity index (χ1n) is 6.74. The lowest BCUT2D eigenvalue weighted by molar-refractivity contribution is 0.235. The Balaban J connectivity index is 2.23. The van der Waals surface area contributed by atoms with Gasteiger partial charge >= 0.3 is 0 Å². The molecule has 7 heteroatoms. The molecule has 0 bridgehead atoms. The van der Waals surface area contributed by atoms with Crippen LogP contribution in [0, 0.1) is 0 Å². The molecule has 3 N–H and O–H groups in total. The number of ether oxygens (including phenoxy) is 1. The second kappa shape index (κ2) is 8.17. The molecule has 2 aromatic carbocycles. The van der Waals surface area contributed by atoms with Crippen molar-refractivity contribution in [3.63, 3.8) is 0 Å². The number of hydroxylamine groups is 1. The van der Waals surface area contributed by atoms with Gasteiger partial charge in [-0.25, -0.2) is 0 Å². The van der Waals surface area contributed by atoms with Gasteiger partial charge in [-0.05, 0) is 17.7 Å². The summed E-state index contributed by atoms with van der Waals surface area (Å²) in [6, 6.07) is 14.2. The molecule has 0 aliphatic rings. The van der Waals surface area contributed by atoms with Crippen LogP contribution in [0.3, 0.4) is 0 Å². The molecule has 6 nitrogen and oxygen atoms in total. The Morgan fingerprint density at radius 3 is 2.52 bits per heavy atom. The van der Waals surface area contributed by atoms with E-state index in [0.717, 1.165) is 5.56 Å². The number of methoxy groups -OCH3 is 1. The van der Waals surface area contributed by atoms with Gasteiger partial charge in [-0.1, -0.05) is 53.2 Å². The van der Waals surface area contributed by atoms with Crippen molar-refractivity contribution < 1.29 is 15.2 Å². The zero-order valence-electron chi connectivity index (χ0n) is 12.4. The molecule has 0 radical (unpaired) electrons. The first-order chi connectivity index (χ1) is 11.2. The molecule has 0 unspecified atom stereocenters. The SMILES string of the molecule is COc1ccc(CN=C(NO)/C(=N/O)c2ccccc2)cc1Cl. The zero-order chi connectivity index (χ0) is 16.7. The number of benzene rings is 2. The molecule has 0 saturated carbocycles. The lowest BCUT2D eigenvalue weighted by Gasteiger charge is -2.08. The smallest absolute Gasteiger partial charge is 0.175 e. The van der Waals surface area contributed by atoms with Crippen molar-refractivity contribution in [2.75, 3.05) is 7.11 Å². The maximum atomic E-state index is 9.28. The third kappa shape index (κ3) is 4.21. The standard InChI is InChI=1S/C16H16ClN3O3/c1-23-14-8-7-11(9-13(14)17)10-18-16(20-22)15(19-21)12-5-3-2-4-6-12/h2-9,21-22H,10H2,1H3,(H,18,20)/b19-15+. The maximum Gasteiger partial charge on any atom is 0.175 e. The summed E-state index contributed by atoms with van der Waals surface area (Å²) in [5, 5.41) is 22.2. The van der Waals surface area contributed by atoms with E-state index < -0.39 is 0 Å². The summed E-state index contributed by atoms with van der Waals surface area (Å²) in [5.74, 6) is 0.618. The Kier molecular flexibility index (Phi) is 5.96. The molecule has 120 valence electrons. The van der Waals surface area contributed by atoms with Gasteiger partial charge in [-0.15, -0.1) is 0 Å². The van der Waals surface area contributed by atoms with E-state index in [1.165, 1.54) is 7.11 Å². The molecule has 0 aromatic heterocycles. The molecule has 2 aromatic rings. The largest absolute Gasteiger partial charge is 0.495 e. The number of oxime groups is 1. The number of amidine groups is 1. The van der Waals surface area contributed by atoms with E-state index in [0.29, 0.717) is 16.3 Å². The number of nitrogens with zero attached hydrogens (tertiary/aromatic N) is 2. The summed E-state index contributed by atoms with van der Waals surface area (Å²) >= 11 is 6.06. The highest BCUT2D eigenvalue weighted by atomic mass is 35.5. The van der Waals surface area contributed by atoms with Crippen molar-refractivity contribution in [3.8, 4) is 5.75 Å². The summed E-state index contributed by atoms with van der Waals surface area (Å²) < 4.78 is 5.09. The Hall–Kier alpha value is -2.57. The number of hydrogen-bond donors (Lipinski definition) is 3. The van der Waals surface area contributed by atoms with Gasteiger partial charge in [0.25, 0.3) is 0 Å². The van der Waals surface area contributed by atoms with Crippen molar-refractivity contribution >= 4 is 23.1 Å². The number of halogens is 1. The van der Waals surface area contributed by atoms with E-state index in [9.17, 15) is 10.4 Å². The molecule has 2 rings (SSSR count). The average Bonchev–Trinajstić information content (AvgIpc) is 2.59. The van der Waals surface area contributed by atoms with Gasteiger partial charge in [0.2, 0.25) is 0 Å². The van der Waals surface area contributed by atoms with Crippen LogP contribution >= 0.6 is 11.6 Å². The van der Waals surface area contributed by atoms with Crippen LogP contribution < -0.4 is 10.2 Å².